The van der Waals surface area contributed by atoms with Crippen LogP contribution in [0.4, 0.5) is 0 Å². The van der Waals surface area contributed by atoms with Gasteiger partial charge in [-0.2, -0.15) is 5.26 Å². The van der Waals surface area contributed by atoms with E-state index in [2.05, 4.69) is 18.3 Å². The standard InChI is InChI=1S/C12H22N2O/c1-10(11-5-4-8-15-11)14-7-6-12(2,3)9-13/h10-11,14H,4-8H2,1-3H3. The maximum absolute atomic E-state index is 8.87. The van der Waals surface area contributed by atoms with Gasteiger partial charge in [0.1, 0.15) is 0 Å². The van der Waals surface area contributed by atoms with Crippen molar-refractivity contribution in [3.63, 3.8) is 0 Å². The minimum Gasteiger partial charge on any atom is -0.377 e. The van der Waals surface area contributed by atoms with E-state index >= 15 is 0 Å². The summed E-state index contributed by atoms with van der Waals surface area (Å²) in [6.07, 6.45) is 3.60. The van der Waals surface area contributed by atoms with Crippen molar-refractivity contribution in [2.75, 3.05) is 13.2 Å². The highest BCUT2D eigenvalue weighted by Gasteiger charge is 2.23. The van der Waals surface area contributed by atoms with Crippen molar-refractivity contribution < 1.29 is 4.74 Å². The fraction of sp³-hybridized carbons (Fsp3) is 0.917. The number of nitriles is 1. The first-order valence-electron chi connectivity index (χ1n) is 5.81. The summed E-state index contributed by atoms with van der Waals surface area (Å²) in [5, 5.41) is 12.3. The van der Waals surface area contributed by atoms with Crippen LogP contribution in [0.1, 0.15) is 40.0 Å². The van der Waals surface area contributed by atoms with Crippen molar-refractivity contribution in [3.8, 4) is 6.07 Å². The van der Waals surface area contributed by atoms with E-state index in [1.807, 2.05) is 13.8 Å². The van der Waals surface area contributed by atoms with E-state index in [0.717, 1.165) is 26.0 Å². The van der Waals surface area contributed by atoms with E-state index in [1.54, 1.807) is 0 Å². The second kappa shape index (κ2) is 5.48. The lowest BCUT2D eigenvalue weighted by Crippen LogP contribution is -2.38. The molecule has 3 nitrogen and oxygen atoms in total. The lowest BCUT2D eigenvalue weighted by Gasteiger charge is -2.22. The molecule has 0 spiro atoms. The van der Waals surface area contributed by atoms with Crippen molar-refractivity contribution in [3.05, 3.63) is 0 Å². The van der Waals surface area contributed by atoms with Gasteiger partial charge in [0.05, 0.1) is 17.6 Å². The SMILES string of the molecule is CC(NCCC(C)(C)C#N)C1CCCO1. The van der Waals surface area contributed by atoms with E-state index in [0.29, 0.717) is 12.1 Å². The molecule has 15 heavy (non-hydrogen) atoms. The number of rotatable bonds is 5. The van der Waals surface area contributed by atoms with E-state index in [9.17, 15) is 0 Å². The Bertz CT molecular complexity index is 226. The summed E-state index contributed by atoms with van der Waals surface area (Å²) in [7, 11) is 0. The summed E-state index contributed by atoms with van der Waals surface area (Å²) < 4.78 is 5.60. The fourth-order valence-electron chi connectivity index (χ4n) is 1.80. The van der Waals surface area contributed by atoms with Gasteiger partial charge in [-0.25, -0.2) is 0 Å². The van der Waals surface area contributed by atoms with Crippen molar-refractivity contribution in [2.24, 2.45) is 5.41 Å². The van der Waals surface area contributed by atoms with E-state index in [4.69, 9.17) is 10.00 Å². The largest absolute Gasteiger partial charge is 0.377 e. The normalized spacial score (nSPS) is 23.7. The second-order valence-electron chi connectivity index (χ2n) is 5.04. The molecule has 1 heterocycles. The summed E-state index contributed by atoms with van der Waals surface area (Å²) in [6, 6.07) is 2.72. The summed E-state index contributed by atoms with van der Waals surface area (Å²) in [5.74, 6) is 0. The molecule has 0 saturated carbocycles. The van der Waals surface area contributed by atoms with Gasteiger partial charge in [-0.15, -0.1) is 0 Å². The molecule has 1 fully saturated rings. The van der Waals surface area contributed by atoms with Crippen molar-refractivity contribution in [1.29, 1.82) is 5.26 Å². The Morgan fingerprint density at radius 3 is 2.87 bits per heavy atom. The monoisotopic (exact) mass is 210 g/mol. The molecule has 3 heteroatoms. The van der Waals surface area contributed by atoms with Gasteiger partial charge in [0, 0.05) is 12.6 Å². The average Bonchev–Trinajstić information content (AvgIpc) is 2.70. The molecule has 0 aromatic heterocycles. The Kier molecular flexibility index (Phi) is 4.56. The van der Waals surface area contributed by atoms with Gasteiger partial charge in [-0.3, -0.25) is 0 Å². The third-order valence-electron chi connectivity index (χ3n) is 3.04. The maximum Gasteiger partial charge on any atom is 0.0726 e. The van der Waals surface area contributed by atoms with Gasteiger partial charge in [-0.1, -0.05) is 0 Å². The van der Waals surface area contributed by atoms with Gasteiger partial charge in [-0.05, 0) is 46.6 Å². The predicted molar refractivity (Wildman–Crippen MR) is 60.4 cm³/mol. The van der Waals surface area contributed by atoms with E-state index in [-0.39, 0.29) is 5.41 Å². The molecule has 2 atom stereocenters. The van der Waals surface area contributed by atoms with Crippen LogP contribution in [-0.2, 0) is 4.74 Å². The molecule has 0 amide bonds. The number of nitrogens with one attached hydrogen (secondary N) is 1. The summed E-state index contributed by atoms with van der Waals surface area (Å²) in [6.45, 7) is 7.91. The number of hydrogen-bond donors (Lipinski definition) is 1. The summed E-state index contributed by atoms with van der Waals surface area (Å²) >= 11 is 0. The van der Waals surface area contributed by atoms with Crippen molar-refractivity contribution >= 4 is 0 Å². The molecular weight excluding hydrogens is 188 g/mol. The van der Waals surface area contributed by atoms with Crippen LogP contribution in [0, 0.1) is 16.7 Å². The lowest BCUT2D eigenvalue weighted by atomic mass is 9.91. The molecule has 86 valence electrons. The third kappa shape index (κ3) is 4.19. The number of nitrogens with zero attached hydrogens (tertiary/aromatic N) is 1. The zero-order chi connectivity index (χ0) is 11.3. The first kappa shape index (κ1) is 12.5. The van der Waals surface area contributed by atoms with Gasteiger partial charge >= 0.3 is 0 Å². The third-order valence-corrected chi connectivity index (χ3v) is 3.04. The minimum atomic E-state index is -0.219. The Morgan fingerprint density at radius 2 is 2.33 bits per heavy atom. The highest BCUT2D eigenvalue weighted by Crippen LogP contribution is 2.19. The number of ether oxygens (including phenoxy) is 1. The van der Waals surface area contributed by atoms with Gasteiger partial charge < -0.3 is 10.1 Å². The Hall–Kier alpha value is -0.590. The Balaban J connectivity index is 2.17. The zero-order valence-electron chi connectivity index (χ0n) is 10.0. The molecule has 1 aliphatic rings. The van der Waals surface area contributed by atoms with Crippen LogP contribution in [0.3, 0.4) is 0 Å². The van der Waals surface area contributed by atoms with E-state index < -0.39 is 0 Å². The summed E-state index contributed by atoms with van der Waals surface area (Å²) in [4.78, 5) is 0. The molecule has 0 aromatic carbocycles. The van der Waals surface area contributed by atoms with Crippen molar-refractivity contribution in [2.45, 2.75) is 52.2 Å². The predicted octanol–water partition coefficient (Wildman–Crippen LogP) is 2.08. The molecule has 0 radical (unpaired) electrons. The molecule has 0 aromatic rings. The molecule has 0 bridgehead atoms. The molecule has 1 saturated heterocycles. The van der Waals surface area contributed by atoms with E-state index in [1.165, 1.54) is 6.42 Å². The van der Waals surface area contributed by atoms with Crippen molar-refractivity contribution in [1.82, 2.24) is 5.32 Å². The molecule has 1 rings (SSSR count). The fourth-order valence-corrected chi connectivity index (χ4v) is 1.80. The highest BCUT2D eigenvalue weighted by atomic mass is 16.5. The lowest BCUT2D eigenvalue weighted by molar-refractivity contribution is 0.0830. The van der Waals surface area contributed by atoms with Crippen LogP contribution >= 0.6 is 0 Å². The van der Waals surface area contributed by atoms with Gasteiger partial charge in [0.25, 0.3) is 0 Å². The first-order valence-corrected chi connectivity index (χ1v) is 5.81. The second-order valence-corrected chi connectivity index (χ2v) is 5.04. The molecule has 2 unspecified atom stereocenters. The van der Waals surface area contributed by atoms with Crippen LogP contribution in [0.25, 0.3) is 0 Å². The van der Waals surface area contributed by atoms with Gasteiger partial charge in [0.2, 0.25) is 0 Å². The van der Waals surface area contributed by atoms with Crippen LogP contribution < -0.4 is 5.32 Å². The van der Waals surface area contributed by atoms with Crippen LogP contribution in [-0.4, -0.2) is 25.3 Å². The number of hydrogen-bond acceptors (Lipinski definition) is 3. The maximum atomic E-state index is 8.87. The molecule has 0 aliphatic carbocycles. The topological polar surface area (TPSA) is 45.0 Å². The van der Waals surface area contributed by atoms with Crippen LogP contribution in [0.15, 0.2) is 0 Å². The molecular formula is C12H22N2O. The highest BCUT2D eigenvalue weighted by molar-refractivity contribution is 4.92. The molecule has 1 aliphatic heterocycles. The van der Waals surface area contributed by atoms with Gasteiger partial charge in [0.15, 0.2) is 0 Å². The van der Waals surface area contributed by atoms with Crippen LogP contribution in [0.2, 0.25) is 0 Å². The smallest absolute Gasteiger partial charge is 0.0726 e. The zero-order valence-corrected chi connectivity index (χ0v) is 10.0. The average molecular weight is 210 g/mol. The Labute approximate surface area is 92.8 Å². The minimum absolute atomic E-state index is 0.219. The quantitative estimate of drug-likeness (QED) is 0.755. The Morgan fingerprint density at radius 1 is 1.60 bits per heavy atom. The van der Waals surface area contributed by atoms with Crippen LogP contribution in [0.5, 0.6) is 0 Å². The first-order chi connectivity index (χ1) is 7.05. The molecule has 1 N–H and O–H groups in total. The summed E-state index contributed by atoms with van der Waals surface area (Å²) in [5.41, 5.74) is -0.219.